The second kappa shape index (κ2) is 12.7. The average Bonchev–Trinajstić information content (AvgIpc) is 2.87. The van der Waals surface area contributed by atoms with Crippen molar-refractivity contribution in [3.05, 3.63) is 65.7 Å². The Bertz CT molecular complexity index is 1080. The van der Waals surface area contributed by atoms with E-state index < -0.39 is 29.8 Å². The van der Waals surface area contributed by atoms with Crippen LogP contribution in [0.5, 0.6) is 5.75 Å². The number of nitrogens with one attached hydrogen (secondary N) is 2. The lowest BCUT2D eigenvalue weighted by molar-refractivity contribution is -0.137. The minimum Gasteiger partial charge on any atom is -0.491 e. The minimum absolute atomic E-state index is 0.0342. The predicted octanol–water partition coefficient (Wildman–Crippen LogP) is 0.204. The molecule has 0 saturated carbocycles. The predicted molar refractivity (Wildman–Crippen MR) is 132 cm³/mol. The molecule has 1 aliphatic heterocycles. The molecule has 1 heterocycles. The van der Waals surface area contributed by atoms with E-state index in [1.54, 1.807) is 31.3 Å². The molecule has 2 aromatic rings. The molecule has 10 nitrogen and oxygen atoms in total. The molecule has 1 aliphatic rings. The van der Waals surface area contributed by atoms with E-state index in [1.165, 1.54) is 16.8 Å². The molecule has 3 N–H and O–H groups in total. The first kappa shape index (κ1) is 26.7. The van der Waals surface area contributed by atoms with Crippen molar-refractivity contribution in [3.8, 4) is 5.75 Å². The highest BCUT2D eigenvalue weighted by Gasteiger charge is 2.31. The topological polar surface area (TPSA) is 128 Å². The van der Waals surface area contributed by atoms with E-state index in [0.29, 0.717) is 5.75 Å². The number of nitrogens with zero attached hydrogens (tertiary/aromatic N) is 2. The Kier molecular flexibility index (Phi) is 9.40. The van der Waals surface area contributed by atoms with Crippen LogP contribution in [0, 0.1) is 0 Å². The number of ether oxygens (including phenoxy) is 1. The van der Waals surface area contributed by atoms with E-state index in [2.05, 4.69) is 10.6 Å². The molecule has 2 atom stereocenters. The lowest BCUT2D eigenvalue weighted by Crippen LogP contribution is -2.53. The number of aliphatic hydroxyl groups excluding tert-OH is 1. The molecule has 0 aromatic heterocycles. The van der Waals surface area contributed by atoms with Gasteiger partial charge in [-0.15, -0.1) is 0 Å². The van der Waals surface area contributed by atoms with Crippen molar-refractivity contribution in [2.24, 2.45) is 0 Å². The first-order valence-corrected chi connectivity index (χ1v) is 11.8. The minimum atomic E-state index is -1.21. The molecule has 0 spiro atoms. The number of aliphatic hydroxyl groups is 1. The number of amides is 4. The number of carbonyl (C=O) groups is 4. The van der Waals surface area contributed by atoms with E-state index in [4.69, 9.17) is 4.74 Å². The summed E-state index contributed by atoms with van der Waals surface area (Å²) in [6.45, 7) is 0.126. The number of para-hydroxylation sites is 1. The van der Waals surface area contributed by atoms with Gasteiger partial charge in [0.05, 0.1) is 25.1 Å². The quantitative estimate of drug-likeness (QED) is 0.543. The summed E-state index contributed by atoms with van der Waals surface area (Å²) in [5.74, 6) is -1.67. The van der Waals surface area contributed by atoms with Crippen LogP contribution < -0.4 is 15.4 Å². The summed E-state index contributed by atoms with van der Waals surface area (Å²) in [5, 5.41) is 14.6. The number of hydrogen-bond donors (Lipinski definition) is 3. The van der Waals surface area contributed by atoms with Crippen LogP contribution in [0.3, 0.4) is 0 Å². The summed E-state index contributed by atoms with van der Waals surface area (Å²) >= 11 is 0. The smallest absolute Gasteiger partial charge is 0.255 e. The van der Waals surface area contributed by atoms with Gasteiger partial charge in [-0.05, 0) is 17.7 Å². The molecule has 0 fully saturated rings. The fourth-order valence-corrected chi connectivity index (χ4v) is 3.90. The van der Waals surface area contributed by atoms with Crippen molar-refractivity contribution >= 4 is 23.6 Å². The summed E-state index contributed by atoms with van der Waals surface area (Å²) in [4.78, 5) is 55.2. The average molecular weight is 497 g/mol. The van der Waals surface area contributed by atoms with Crippen molar-refractivity contribution in [2.45, 2.75) is 24.9 Å². The van der Waals surface area contributed by atoms with Gasteiger partial charge in [-0.2, -0.15) is 0 Å². The van der Waals surface area contributed by atoms with Crippen molar-refractivity contribution in [1.82, 2.24) is 20.4 Å². The molecule has 0 unspecified atom stereocenters. The molecular weight excluding hydrogens is 464 g/mol. The van der Waals surface area contributed by atoms with Crippen molar-refractivity contribution < 1.29 is 29.0 Å². The first-order chi connectivity index (χ1) is 17.3. The highest BCUT2D eigenvalue weighted by Crippen LogP contribution is 2.19. The summed E-state index contributed by atoms with van der Waals surface area (Å²) in [6.07, 6.45) is -0.125. The Hall–Kier alpha value is -3.92. The van der Waals surface area contributed by atoms with E-state index in [0.717, 1.165) is 5.56 Å². The van der Waals surface area contributed by atoms with Crippen LogP contribution in [0.2, 0.25) is 0 Å². The third-order valence-corrected chi connectivity index (χ3v) is 5.91. The molecule has 0 bridgehead atoms. The largest absolute Gasteiger partial charge is 0.491 e. The lowest BCUT2D eigenvalue weighted by Gasteiger charge is -2.28. The van der Waals surface area contributed by atoms with Gasteiger partial charge in [0.2, 0.25) is 17.7 Å². The third-order valence-electron chi connectivity index (χ3n) is 5.91. The highest BCUT2D eigenvalue weighted by atomic mass is 16.5. The number of rotatable bonds is 5. The van der Waals surface area contributed by atoms with Crippen LogP contribution in [-0.2, 0) is 20.8 Å². The maximum atomic E-state index is 13.3. The van der Waals surface area contributed by atoms with Crippen LogP contribution in [0.1, 0.15) is 22.3 Å². The van der Waals surface area contributed by atoms with E-state index in [-0.39, 0.29) is 50.6 Å². The standard InChI is InChI=1S/C26H32N4O6/c1-29(12-14-31)26(35)21-17-23(32)27-20(16-18-8-4-3-5-9-18)25(34)30(2)13-15-36-22-11-7-6-10-19(22)24(33)28-21/h3-11,20-21,31H,12-17H2,1-2H3,(H,27,32)(H,28,33)/t20-,21-/m0/s1. The molecule has 2 aromatic carbocycles. The molecule has 0 saturated heterocycles. The Morgan fingerprint density at radius 3 is 2.50 bits per heavy atom. The third kappa shape index (κ3) is 7.05. The van der Waals surface area contributed by atoms with Gasteiger partial charge in [0.25, 0.3) is 5.91 Å². The summed E-state index contributed by atoms with van der Waals surface area (Å²) in [7, 11) is 3.10. The fourth-order valence-electron chi connectivity index (χ4n) is 3.90. The normalized spacial score (nSPS) is 19.3. The number of fused-ring (bicyclic) bond motifs is 1. The van der Waals surface area contributed by atoms with Gasteiger partial charge in [0.1, 0.15) is 24.4 Å². The van der Waals surface area contributed by atoms with Gasteiger partial charge in [-0.3, -0.25) is 19.2 Å². The van der Waals surface area contributed by atoms with Gasteiger partial charge in [0.15, 0.2) is 0 Å². The molecule has 3 rings (SSSR count). The van der Waals surface area contributed by atoms with E-state index >= 15 is 0 Å². The fraction of sp³-hybridized carbons (Fsp3) is 0.385. The molecule has 0 aliphatic carbocycles. The van der Waals surface area contributed by atoms with Gasteiger partial charge < -0.3 is 30.3 Å². The number of carbonyl (C=O) groups excluding carboxylic acids is 4. The van der Waals surface area contributed by atoms with Crippen molar-refractivity contribution in [2.75, 3.05) is 40.4 Å². The SMILES string of the molecule is CN1CCOc2ccccc2C(=O)N[C@H](C(=O)N(C)CCO)CC(=O)N[C@@H](Cc2ccccc2)C1=O. The maximum Gasteiger partial charge on any atom is 0.255 e. The first-order valence-electron chi connectivity index (χ1n) is 11.8. The molecule has 36 heavy (non-hydrogen) atoms. The number of likely N-dealkylation sites (N-methyl/N-ethyl adjacent to an activating group) is 2. The molecule has 192 valence electrons. The zero-order valence-corrected chi connectivity index (χ0v) is 20.5. The van der Waals surface area contributed by atoms with Crippen LogP contribution >= 0.6 is 0 Å². The van der Waals surface area contributed by atoms with Gasteiger partial charge >= 0.3 is 0 Å². The maximum absolute atomic E-state index is 13.3. The van der Waals surface area contributed by atoms with Crippen LogP contribution in [0.25, 0.3) is 0 Å². The Morgan fingerprint density at radius 2 is 1.78 bits per heavy atom. The molecule has 10 heteroatoms. The summed E-state index contributed by atoms with van der Waals surface area (Å²) < 4.78 is 5.81. The van der Waals surface area contributed by atoms with Crippen molar-refractivity contribution in [1.29, 1.82) is 0 Å². The summed E-state index contributed by atoms with van der Waals surface area (Å²) in [5.41, 5.74) is 1.06. The van der Waals surface area contributed by atoms with Gasteiger partial charge in [-0.25, -0.2) is 0 Å². The zero-order valence-electron chi connectivity index (χ0n) is 20.5. The van der Waals surface area contributed by atoms with E-state index in [1.807, 2.05) is 30.3 Å². The highest BCUT2D eigenvalue weighted by molar-refractivity contribution is 6.01. The Morgan fingerprint density at radius 1 is 1.08 bits per heavy atom. The van der Waals surface area contributed by atoms with Crippen LogP contribution in [0.4, 0.5) is 0 Å². The number of benzene rings is 2. The second-order valence-corrected chi connectivity index (χ2v) is 8.63. The zero-order chi connectivity index (χ0) is 26.1. The van der Waals surface area contributed by atoms with Gasteiger partial charge in [0, 0.05) is 27.1 Å². The molecule has 0 radical (unpaired) electrons. The van der Waals surface area contributed by atoms with Crippen molar-refractivity contribution in [3.63, 3.8) is 0 Å². The van der Waals surface area contributed by atoms with Crippen LogP contribution in [0.15, 0.2) is 54.6 Å². The Labute approximate surface area is 210 Å². The monoisotopic (exact) mass is 496 g/mol. The number of hydrogen-bond acceptors (Lipinski definition) is 6. The lowest BCUT2D eigenvalue weighted by atomic mass is 10.0. The van der Waals surface area contributed by atoms with Crippen LogP contribution in [-0.4, -0.2) is 91.0 Å². The summed E-state index contributed by atoms with van der Waals surface area (Å²) in [6, 6.07) is 13.8. The Balaban J connectivity index is 1.93. The molecule has 4 amide bonds. The second-order valence-electron chi connectivity index (χ2n) is 8.63. The van der Waals surface area contributed by atoms with Gasteiger partial charge in [-0.1, -0.05) is 42.5 Å². The molecular formula is C26H32N4O6. The van der Waals surface area contributed by atoms with E-state index in [9.17, 15) is 24.3 Å².